The summed E-state index contributed by atoms with van der Waals surface area (Å²) in [6.45, 7) is 4.23. The monoisotopic (exact) mass is 857 g/mol. The van der Waals surface area contributed by atoms with Crippen molar-refractivity contribution in [3.8, 4) is 0 Å². The van der Waals surface area contributed by atoms with Crippen molar-refractivity contribution in [2.24, 2.45) is 0 Å². The molecule has 300 valence electrons. The first-order valence-electron chi connectivity index (χ1n) is 19.6. The average Bonchev–Trinajstić information content (AvgIpc) is 4.00. The molecule has 2 aromatic carbocycles. The summed E-state index contributed by atoms with van der Waals surface area (Å²) in [6.07, 6.45) is 16.8. The molecule has 3 N–H and O–H groups in total. The Morgan fingerprint density at radius 1 is 0.661 bits per heavy atom. The molecule has 0 saturated carbocycles. The molecule has 0 atom stereocenters. The second kappa shape index (κ2) is 18.6. The molecule has 1 amide bonds. The zero-order chi connectivity index (χ0) is 40.7. The van der Waals surface area contributed by atoms with Crippen molar-refractivity contribution < 1.29 is 14.7 Å². The quantitative estimate of drug-likeness (QED) is 0.149. The Bertz CT molecular complexity index is 2830. The summed E-state index contributed by atoms with van der Waals surface area (Å²) < 4.78 is 2.40. The molecule has 1 aliphatic heterocycles. The number of nitrogens with one attached hydrogen (secondary N) is 2. The number of carboxylic acids is 1. The number of aliphatic carboxylic acids is 1. The Kier molecular flexibility index (Phi) is 12.7. The lowest BCUT2D eigenvalue weighted by Crippen LogP contribution is -2.30. The van der Waals surface area contributed by atoms with Crippen LogP contribution in [-0.4, -0.2) is 54.9 Å². The maximum atomic E-state index is 11.9. The highest BCUT2D eigenvalue weighted by atomic mass is 32.1. The predicted molar refractivity (Wildman–Crippen MR) is 249 cm³/mol. The number of hydrogen-bond acceptors (Lipinski definition) is 12. The third kappa shape index (κ3) is 9.85. The minimum atomic E-state index is -0.833. The Morgan fingerprint density at radius 3 is 1.78 bits per heavy atom. The highest BCUT2D eigenvalue weighted by Gasteiger charge is 2.18. The van der Waals surface area contributed by atoms with Crippen LogP contribution in [0.25, 0.3) is 52.0 Å². The first-order valence-corrected chi connectivity index (χ1v) is 23.0. The molecule has 14 heteroatoms. The van der Waals surface area contributed by atoms with Crippen molar-refractivity contribution >= 4 is 132 Å². The van der Waals surface area contributed by atoms with E-state index in [1.54, 1.807) is 40.9 Å². The van der Waals surface area contributed by atoms with E-state index in [1.165, 1.54) is 67.8 Å². The maximum Gasteiger partial charge on any atom is 0.300 e. The standard InChI is InChI=1S/C22H20N4OS2.C21H19N3S2.C2H4O2/c1-14(27)26-9-3-2-4-15(12-26)21-11-17-18(7-8-23-22(17)29-21)25-16-5-6-20-19(10-16)24-13-28-20;1-2-4-6-14(5-3-1)20-12-16-17(9-10-22-21(16)26-20)24-15-7-8-19-18(11-15)23-13-25-19;1-2(3)4/h4-8,10-11,13H,2-3,9,12H2,1H3,(H,23,25);5,7-13H,1-4,6H2,(H,22,24);1H3,(H,3,4). The molecule has 1 aliphatic carbocycles. The van der Waals surface area contributed by atoms with Gasteiger partial charge in [0.05, 0.1) is 42.8 Å². The van der Waals surface area contributed by atoms with Crippen molar-refractivity contribution in [3.63, 3.8) is 0 Å². The highest BCUT2D eigenvalue weighted by molar-refractivity contribution is 7.20. The van der Waals surface area contributed by atoms with Crippen molar-refractivity contribution in [1.29, 1.82) is 0 Å². The largest absolute Gasteiger partial charge is 0.481 e. The van der Waals surface area contributed by atoms with Gasteiger partial charge in [-0.05, 0) is 110 Å². The van der Waals surface area contributed by atoms with Gasteiger partial charge in [0.25, 0.3) is 5.97 Å². The molecular formula is C45H43N7O3S4. The van der Waals surface area contributed by atoms with Crippen molar-refractivity contribution in [3.05, 3.63) is 106 Å². The van der Waals surface area contributed by atoms with Crippen molar-refractivity contribution in [1.82, 2.24) is 24.8 Å². The number of carbonyl (C=O) groups excluding carboxylic acids is 1. The molecule has 8 aromatic rings. The summed E-state index contributed by atoms with van der Waals surface area (Å²) in [5.74, 6) is -0.697. The Balaban J connectivity index is 0.000000151. The van der Waals surface area contributed by atoms with E-state index in [4.69, 9.17) is 9.90 Å². The fourth-order valence-corrected chi connectivity index (χ4v) is 10.7. The van der Waals surface area contributed by atoms with Crippen LogP contribution in [0.3, 0.4) is 0 Å². The molecule has 6 aromatic heterocycles. The van der Waals surface area contributed by atoms with Crippen molar-refractivity contribution in [2.75, 3.05) is 23.7 Å². The van der Waals surface area contributed by atoms with E-state index in [1.807, 2.05) is 45.7 Å². The summed E-state index contributed by atoms with van der Waals surface area (Å²) in [5, 5.41) is 16.8. The summed E-state index contributed by atoms with van der Waals surface area (Å²) >= 11 is 6.82. The zero-order valence-electron chi connectivity index (χ0n) is 32.7. The molecule has 0 spiro atoms. The Morgan fingerprint density at radius 2 is 1.20 bits per heavy atom. The number of carbonyl (C=O) groups is 2. The molecule has 7 heterocycles. The molecule has 10 rings (SSSR count). The van der Waals surface area contributed by atoms with Crippen LogP contribution in [0.2, 0.25) is 0 Å². The predicted octanol–water partition coefficient (Wildman–Crippen LogP) is 12.8. The molecule has 10 nitrogen and oxygen atoms in total. The topological polar surface area (TPSA) is 133 Å². The van der Waals surface area contributed by atoms with Gasteiger partial charge in [0.1, 0.15) is 9.66 Å². The molecule has 0 unspecified atom stereocenters. The lowest BCUT2D eigenvalue weighted by molar-refractivity contribution is -0.134. The van der Waals surface area contributed by atoms with E-state index >= 15 is 0 Å². The van der Waals surface area contributed by atoms with Gasteiger partial charge in [0, 0.05) is 71.2 Å². The molecule has 0 fully saturated rings. The van der Waals surface area contributed by atoms with Crippen LogP contribution in [0.1, 0.15) is 68.5 Å². The number of nitrogens with zero attached hydrogens (tertiary/aromatic N) is 5. The fourth-order valence-electron chi connectivity index (χ4n) is 7.19. The number of amides is 1. The SMILES string of the molecule is C1=C(c2cc3c(Nc4ccc5scnc5c4)ccnc3s2)CCCCC1.CC(=O)N1CCCC=C(c2cc3c(Nc4ccc5scnc5c4)ccnc3s2)C1.CC(=O)O. The fraction of sp³-hybridized carbons (Fsp3) is 0.244. The third-order valence-electron chi connectivity index (χ3n) is 10.1. The summed E-state index contributed by atoms with van der Waals surface area (Å²) in [5.41, 5.74) is 12.8. The van der Waals surface area contributed by atoms with Gasteiger partial charge < -0.3 is 20.6 Å². The van der Waals surface area contributed by atoms with Crippen LogP contribution in [0, 0.1) is 0 Å². The van der Waals surface area contributed by atoms with Gasteiger partial charge in [-0.15, -0.1) is 45.3 Å². The number of allylic oxidation sites excluding steroid dienone is 3. The van der Waals surface area contributed by atoms with Gasteiger partial charge in [0.15, 0.2) is 0 Å². The molecule has 0 radical (unpaired) electrons. The number of fused-ring (bicyclic) bond motifs is 4. The molecular weight excluding hydrogens is 815 g/mol. The van der Waals surface area contributed by atoms with E-state index in [0.717, 1.165) is 75.1 Å². The molecule has 0 bridgehead atoms. The zero-order valence-corrected chi connectivity index (χ0v) is 36.0. The van der Waals surface area contributed by atoms with Crippen LogP contribution < -0.4 is 10.6 Å². The Hall–Kier alpha value is -5.54. The number of pyridine rings is 2. The van der Waals surface area contributed by atoms with Crippen LogP contribution in [-0.2, 0) is 9.59 Å². The number of benzene rings is 2. The normalized spacial score (nSPS) is 14.4. The number of aromatic nitrogens is 4. The van der Waals surface area contributed by atoms with Gasteiger partial charge in [-0.1, -0.05) is 18.6 Å². The minimum absolute atomic E-state index is 0.136. The number of rotatable bonds is 6. The number of carboxylic acid groups (broad SMARTS) is 1. The summed E-state index contributed by atoms with van der Waals surface area (Å²) in [7, 11) is 0. The van der Waals surface area contributed by atoms with E-state index < -0.39 is 5.97 Å². The number of hydrogen-bond donors (Lipinski definition) is 3. The lowest BCUT2D eigenvalue weighted by atomic mass is 10.1. The maximum absolute atomic E-state index is 11.9. The van der Waals surface area contributed by atoms with Gasteiger partial charge in [-0.25, -0.2) is 19.9 Å². The van der Waals surface area contributed by atoms with E-state index in [9.17, 15) is 4.79 Å². The van der Waals surface area contributed by atoms with Gasteiger partial charge >= 0.3 is 0 Å². The van der Waals surface area contributed by atoms with Crippen LogP contribution in [0.5, 0.6) is 0 Å². The Labute approximate surface area is 358 Å². The summed E-state index contributed by atoms with van der Waals surface area (Å²) in [6, 6.07) is 21.2. The van der Waals surface area contributed by atoms with E-state index in [2.05, 4.69) is 97.3 Å². The van der Waals surface area contributed by atoms with Crippen LogP contribution >= 0.6 is 45.3 Å². The van der Waals surface area contributed by atoms with Gasteiger partial charge in [-0.3, -0.25) is 9.59 Å². The van der Waals surface area contributed by atoms with E-state index in [0.29, 0.717) is 6.54 Å². The average molecular weight is 858 g/mol. The second-order valence-corrected chi connectivity index (χ2v) is 18.2. The summed E-state index contributed by atoms with van der Waals surface area (Å²) in [4.78, 5) is 45.5. The van der Waals surface area contributed by atoms with Crippen molar-refractivity contribution in [2.45, 2.75) is 58.8 Å². The minimum Gasteiger partial charge on any atom is -0.481 e. The molecule has 2 aliphatic rings. The van der Waals surface area contributed by atoms with Gasteiger partial charge in [0.2, 0.25) is 5.91 Å². The molecule has 0 saturated heterocycles. The molecule has 59 heavy (non-hydrogen) atoms. The third-order valence-corrected chi connectivity index (χ3v) is 14.0. The number of anilines is 4. The van der Waals surface area contributed by atoms with Gasteiger partial charge in [-0.2, -0.15) is 0 Å². The first-order chi connectivity index (χ1) is 28.8. The lowest BCUT2D eigenvalue weighted by Gasteiger charge is -2.19. The smallest absolute Gasteiger partial charge is 0.300 e. The van der Waals surface area contributed by atoms with E-state index in [-0.39, 0.29) is 5.91 Å². The number of thiazole rings is 2. The highest BCUT2D eigenvalue weighted by Crippen LogP contribution is 2.39. The van der Waals surface area contributed by atoms with Crippen LogP contribution in [0.15, 0.2) is 96.2 Å². The first kappa shape index (κ1) is 40.2. The van der Waals surface area contributed by atoms with Crippen LogP contribution in [0.4, 0.5) is 22.7 Å². The second-order valence-electron chi connectivity index (χ2n) is 14.4. The number of thiophene rings is 2.